The Labute approximate surface area is 148 Å². The van der Waals surface area contributed by atoms with Crippen molar-refractivity contribution >= 4 is 11.8 Å². The summed E-state index contributed by atoms with van der Waals surface area (Å²) in [5.74, 6) is 0.592. The van der Waals surface area contributed by atoms with E-state index in [0.29, 0.717) is 38.2 Å². The maximum absolute atomic E-state index is 12.2. The Morgan fingerprint density at radius 3 is 2.80 bits per heavy atom. The van der Waals surface area contributed by atoms with Gasteiger partial charge >= 0.3 is 6.09 Å². The molecule has 0 bridgehead atoms. The lowest BCUT2D eigenvalue weighted by Crippen LogP contribution is -2.49. The number of carbonyl (C=O) groups is 1. The van der Waals surface area contributed by atoms with E-state index in [-0.39, 0.29) is 5.41 Å². The first-order valence-electron chi connectivity index (χ1n) is 8.88. The Morgan fingerprint density at radius 1 is 1.28 bits per heavy atom. The number of nitrogens with zero attached hydrogens (tertiary/aromatic N) is 3. The number of likely N-dealkylation sites (tertiary alicyclic amines) is 1. The predicted octanol–water partition coefficient (Wildman–Crippen LogP) is 1.39. The molecule has 0 spiro atoms. The lowest BCUT2D eigenvalue weighted by atomic mass is 9.81. The molecule has 3 heterocycles. The average molecular weight is 346 g/mol. The van der Waals surface area contributed by atoms with Crippen LogP contribution in [0.2, 0.25) is 0 Å². The van der Waals surface area contributed by atoms with Crippen LogP contribution in [0.3, 0.4) is 0 Å². The van der Waals surface area contributed by atoms with Crippen LogP contribution in [0.5, 0.6) is 5.75 Å². The smallest absolute Gasteiger partial charge is 0.409 e. The van der Waals surface area contributed by atoms with Crippen molar-refractivity contribution in [1.29, 1.82) is 0 Å². The van der Waals surface area contributed by atoms with Crippen molar-refractivity contribution in [3.63, 3.8) is 0 Å². The molecule has 7 heteroatoms. The van der Waals surface area contributed by atoms with E-state index in [1.807, 2.05) is 17.1 Å². The van der Waals surface area contributed by atoms with Crippen LogP contribution in [0.1, 0.15) is 18.9 Å². The zero-order chi connectivity index (χ0) is 17.6. The van der Waals surface area contributed by atoms with E-state index in [1.165, 1.54) is 11.3 Å². The zero-order valence-corrected chi connectivity index (χ0v) is 15.1. The first-order chi connectivity index (χ1) is 12.0. The number of fused-ring (bicyclic) bond motifs is 3. The van der Waals surface area contributed by atoms with Crippen molar-refractivity contribution in [2.45, 2.75) is 24.9 Å². The summed E-state index contributed by atoms with van der Waals surface area (Å²) in [6, 6.07) is 5.96. The van der Waals surface area contributed by atoms with Gasteiger partial charge in [-0.3, -0.25) is 10.3 Å². The molecule has 1 amide bonds. The minimum Gasteiger partial charge on any atom is -0.409 e. The van der Waals surface area contributed by atoms with Gasteiger partial charge in [0.2, 0.25) is 0 Å². The van der Waals surface area contributed by atoms with Crippen LogP contribution in [0, 0.1) is 0 Å². The second kappa shape index (κ2) is 6.16. The molecule has 1 aromatic rings. The van der Waals surface area contributed by atoms with Crippen molar-refractivity contribution in [2.24, 2.45) is 0 Å². The summed E-state index contributed by atoms with van der Waals surface area (Å²) in [5, 5.41) is 1.83. The number of hydrogen-bond donors (Lipinski definition) is 1. The third-order valence-corrected chi connectivity index (χ3v) is 5.77. The van der Waals surface area contributed by atoms with Crippen LogP contribution >= 0.6 is 0 Å². The van der Waals surface area contributed by atoms with Crippen LogP contribution in [-0.4, -0.2) is 69.1 Å². The van der Waals surface area contributed by atoms with Gasteiger partial charge in [0, 0.05) is 37.8 Å². The quantitative estimate of drug-likeness (QED) is 0.873. The fraction of sp³-hybridized carbons (Fsp3) is 0.611. The van der Waals surface area contributed by atoms with Crippen LogP contribution in [0.25, 0.3) is 0 Å². The highest BCUT2D eigenvalue weighted by Crippen LogP contribution is 2.51. The fourth-order valence-corrected chi connectivity index (χ4v) is 4.55. The molecule has 25 heavy (non-hydrogen) atoms. The van der Waals surface area contributed by atoms with Crippen molar-refractivity contribution in [3.8, 4) is 5.75 Å². The van der Waals surface area contributed by atoms with Crippen molar-refractivity contribution in [3.05, 3.63) is 23.8 Å². The SMILES string of the molecule is CN1CC[C@@]2(C)c3cc(OC(=O)NN4CCOCC4)ccc3N(C)[C@@H]12. The first kappa shape index (κ1) is 16.6. The Bertz CT molecular complexity index is 676. The van der Waals surface area contributed by atoms with Gasteiger partial charge in [0.1, 0.15) is 5.75 Å². The van der Waals surface area contributed by atoms with Gasteiger partial charge < -0.3 is 14.4 Å². The molecule has 0 saturated carbocycles. The van der Waals surface area contributed by atoms with E-state index in [0.717, 1.165) is 13.0 Å². The molecule has 2 saturated heterocycles. The normalized spacial score (nSPS) is 29.4. The first-order valence-corrected chi connectivity index (χ1v) is 8.88. The lowest BCUT2D eigenvalue weighted by Gasteiger charge is -2.32. The summed E-state index contributed by atoms with van der Waals surface area (Å²) < 4.78 is 10.8. The van der Waals surface area contributed by atoms with Gasteiger partial charge in [0.15, 0.2) is 0 Å². The highest BCUT2D eigenvalue weighted by atomic mass is 16.6. The average Bonchev–Trinajstić information content (AvgIpc) is 3.01. The number of hydrogen-bond acceptors (Lipinski definition) is 6. The highest BCUT2D eigenvalue weighted by Gasteiger charge is 2.52. The van der Waals surface area contributed by atoms with Crippen LogP contribution in [-0.2, 0) is 10.2 Å². The maximum Gasteiger partial charge on any atom is 0.427 e. The number of anilines is 1. The van der Waals surface area contributed by atoms with Gasteiger partial charge in [-0.1, -0.05) is 6.92 Å². The topological polar surface area (TPSA) is 57.3 Å². The summed E-state index contributed by atoms with van der Waals surface area (Å²) in [5.41, 5.74) is 5.34. The van der Waals surface area contributed by atoms with Crippen molar-refractivity contribution in [2.75, 3.05) is 51.8 Å². The minimum absolute atomic E-state index is 0.0683. The van der Waals surface area contributed by atoms with Gasteiger partial charge in [-0.05, 0) is 37.2 Å². The van der Waals surface area contributed by atoms with Gasteiger partial charge in [-0.15, -0.1) is 0 Å². The third kappa shape index (κ3) is 2.76. The number of amides is 1. The number of benzene rings is 1. The van der Waals surface area contributed by atoms with Gasteiger partial charge in [-0.2, -0.15) is 0 Å². The number of morpholine rings is 1. The summed E-state index contributed by atoms with van der Waals surface area (Å²) in [4.78, 5) is 16.9. The highest BCUT2D eigenvalue weighted by molar-refractivity contribution is 5.72. The van der Waals surface area contributed by atoms with Crippen LogP contribution in [0.15, 0.2) is 18.2 Å². The monoisotopic (exact) mass is 346 g/mol. The maximum atomic E-state index is 12.2. The molecule has 3 aliphatic rings. The van der Waals surface area contributed by atoms with Crippen molar-refractivity contribution in [1.82, 2.24) is 15.3 Å². The molecule has 2 atom stereocenters. The number of nitrogens with one attached hydrogen (secondary N) is 1. The van der Waals surface area contributed by atoms with Gasteiger partial charge in [0.05, 0.1) is 19.4 Å². The number of carbonyl (C=O) groups excluding carboxylic acids is 1. The van der Waals surface area contributed by atoms with Crippen molar-refractivity contribution < 1.29 is 14.3 Å². The summed E-state index contributed by atoms with van der Waals surface area (Å²) in [7, 11) is 4.31. The Morgan fingerprint density at radius 2 is 2.04 bits per heavy atom. The van der Waals surface area contributed by atoms with Gasteiger partial charge in [0.25, 0.3) is 0 Å². The molecule has 1 N–H and O–H groups in total. The number of likely N-dealkylation sites (N-methyl/N-ethyl adjacent to an activating group) is 2. The molecule has 0 aliphatic carbocycles. The number of hydrazine groups is 1. The Kier molecular flexibility index (Phi) is 4.10. The molecule has 136 valence electrons. The van der Waals surface area contributed by atoms with E-state index in [2.05, 4.69) is 42.3 Å². The number of ether oxygens (including phenoxy) is 2. The molecular weight excluding hydrogens is 320 g/mol. The summed E-state index contributed by atoms with van der Waals surface area (Å²) in [6.07, 6.45) is 1.02. The number of rotatable bonds is 2. The molecule has 3 aliphatic heterocycles. The van der Waals surface area contributed by atoms with Crippen LogP contribution in [0.4, 0.5) is 10.5 Å². The molecule has 7 nitrogen and oxygen atoms in total. The Hall–Kier alpha value is -1.83. The summed E-state index contributed by atoms with van der Waals surface area (Å²) in [6.45, 7) is 5.98. The molecule has 0 unspecified atom stereocenters. The van der Waals surface area contributed by atoms with E-state index < -0.39 is 6.09 Å². The molecule has 4 rings (SSSR count). The second-order valence-electron chi connectivity index (χ2n) is 7.41. The third-order valence-electron chi connectivity index (χ3n) is 5.77. The summed E-state index contributed by atoms with van der Waals surface area (Å²) >= 11 is 0. The fourth-order valence-electron chi connectivity index (χ4n) is 4.55. The zero-order valence-electron chi connectivity index (χ0n) is 15.1. The molecule has 1 aromatic carbocycles. The molecule has 0 radical (unpaired) electrons. The predicted molar refractivity (Wildman–Crippen MR) is 94.8 cm³/mol. The van der Waals surface area contributed by atoms with E-state index in [4.69, 9.17) is 9.47 Å². The Balaban J connectivity index is 1.50. The lowest BCUT2D eigenvalue weighted by molar-refractivity contribution is 0.0153. The molecule has 2 fully saturated rings. The van der Waals surface area contributed by atoms with Gasteiger partial charge in [-0.25, -0.2) is 9.80 Å². The molecule has 0 aromatic heterocycles. The van der Waals surface area contributed by atoms with E-state index in [1.54, 1.807) is 0 Å². The molecular formula is C18H26N4O3. The van der Waals surface area contributed by atoms with E-state index >= 15 is 0 Å². The standard InChI is InChI=1S/C18H26N4O3/c1-18-6-7-20(2)16(18)21(3)15-5-4-13(12-14(15)18)25-17(23)19-22-8-10-24-11-9-22/h4-5,12,16H,6-11H2,1-3H3,(H,19,23)/t16-,18+/m1/s1. The van der Waals surface area contributed by atoms with Crippen LogP contribution < -0.4 is 15.1 Å². The largest absolute Gasteiger partial charge is 0.427 e. The minimum atomic E-state index is -0.446. The second-order valence-corrected chi connectivity index (χ2v) is 7.41. The van der Waals surface area contributed by atoms with E-state index in [9.17, 15) is 4.79 Å².